The van der Waals surface area contributed by atoms with Crippen LogP contribution in [-0.4, -0.2) is 13.3 Å². The van der Waals surface area contributed by atoms with Crippen molar-refractivity contribution in [3.8, 4) is 0 Å². The summed E-state index contributed by atoms with van der Waals surface area (Å²) in [5.41, 5.74) is 16.4. The van der Waals surface area contributed by atoms with E-state index in [1.165, 1.54) is 63.4 Å². The minimum absolute atomic E-state index is 0.439. The van der Waals surface area contributed by atoms with Crippen LogP contribution in [0.1, 0.15) is 105 Å². The molecule has 5 rings (SSSR count). The van der Waals surface area contributed by atoms with E-state index in [2.05, 4.69) is 54.3 Å². The number of nitrogen functional groups attached to an aromatic ring is 2. The van der Waals surface area contributed by atoms with Gasteiger partial charge in [0.25, 0.3) is 0 Å². The van der Waals surface area contributed by atoms with Crippen LogP contribution in [-0.2, 0) is 0 Å². The molecule has 39 heavy (non-hydrogen) atoms. The Balaban J connectivity index is 0.000000333. The molecule has 218 valence electrons. The summed E-state index contributed by atoms with van der Waals surface area (Å²) in [6.45, 7) is 21.5. The fraction of sp³-hybridized carbons (Fsp3) is 0.750. The molecule has 4 N–H and O–H groups in total. The van der Waals surface area contributed by atoms with Crippen molar-refractivity contribution in [2.75, 3.05) is 18.5 Å². The monoisotopic (exact) mass is 533 g/mol. The Morgan fingerprint density at radius 3 is 2.41 bits per heavy atom. The lowest BCUT2D eigenvalue weighted by Crippen LogP contribution is -2.46. The van der Waals surface area contributed by atoms with Gasteiger partial charge >= 0.3 is 0 Å². The highest BCUT2D eigenvalue weighted by Crippen LogP contribution is 2.76. The van der Waals surface area contributed by atoms with Gasteiger partial charge in [0.05, 0.1) is 0 Å². The van der Waals surface area contributed by atoms with Gasteiger partial charge in [-0.15, -0.1) is 6.58 Å². The van der Waals surface area contributed by atoms with Gasteiger partial charge in [-0.3, -0.25) is 0 Å². The number of hydrogen-bond donors (Lipinski definition) is 2. The Morgan fingerprint density at radius 1 is 1.08 bits per heavy atom. The molecule has 0 aliphatic heterocycles. The van der Waals surface area contributed by atoms with E-state index in [0.717, 1.165) is 52.4 Å². The van der Waals surface area contributed by atoms with Crippen molar-refractivity contribution in [1.82, 2.24) is 0 Å². The lowest BCUT2D eigenvalue weighted by molar-refractivity contribution is -0.0452. The van der Waals surface area contributed by atoms with Crippen molar-refractivity contribution in [3.05, 3.63) is 35.9 Å². The molecule has 0 radical (unpaired) electrons. The standard InChI is InChI=1S/C29H49N.C7H10N2/c1-19(2)9-10-21(4)22-11-12-23-26-24(14-15-27(22,23)5)28(6)16-13-20(3)17-29(28,7)25(26)18-30-8;1-5-2-3-6(8)4-7(5)9/h18,20-26H,1,9-17H2,2-8H3;2-4H,8-9H2,1H3. The number of nitrogens with two attached hydrogens (primary N) is 2. The number of benzene rings is 1. The van der Waals surface area contributed by atoms with Crippen molar-refractivity contribution in [2.45, 2.75) is 106 Å². The van der Waals surface area contributed by atoms with Crippen LogP contribution in [0.2, 0.25) is 0 Å². The number of fused-ring (bicyclic) bond motifs is 5. The average Bonchev–Trinajstić information content (AvgIpc) is 3.31. The maximum Gasteiger partial charge on any atom is 0.0364 e. The van der Waals surface area contributed by atoms with Gasteiger partial charge in [0, 0.05) is 30.6 Å². The quantitative estimate of drug-likeness (QED) is 0.225. The van der Waals surface area contributed by atoms with Gasteiger partial charge in [0.15, 0.2) is 0 Å². The highest BCUT2D eigenvalue weighted by molar-refractivity contribution is 5.64. The van der Waals surface area contributed by atoms with Crippen LogP contribution in [0, 0.1) is 64.6 Å². The molecule has 0 aromatic heterocycles. The van der Waals surface area contributed by atoms with Gasteiger partial charge in [-0.25, -0.2) is 0 Å². The second kappa shape index (κ2) is 11.2. The second-order valence-electron chi connectivity index (χ2n) is 15.2. The highest BCUT2D eigenvalue weighted by Gasteiger charge is 2.70. The number of anilines is 2. The van der Waals surface area contributed by atoms with Gasteiger partial charge < -0.3 is 16.5 Å². The second-order valence-corrected chi connectivity index (χ2v) is 15.2. The third kappa shape index (κ3) is 5.21. The molecule has 4 aliphatic rings. The number of aliphatic imine (C=N–C) groups is 1. The number of rotatable bonds is 5. The molecular formula is C36H59N3. The Morgan fingerprint density at radius 2 is 1.79 bits per heavy atom. The summed E-state index contributed by atoms with van der Waals surface area (Å²) in [7, 11) is 2.03. The van der Waals surface area contributed by atoms with E-state index < -0.39 is 0 Å². The van der Waals surface area contributed by atoms with Crippen LogP contribution >= 0.6 is 0 Å². The lowest BCUT2D eigenvalue weighted by atomic mass is 9.51. The van der Waals surface area contributed by atoms with E-state index in [4.69, 9.17) is 16.5 Å². The summed E-state index contributed by atoms with van der Waals surface area (Å²) in [5, 5.41) is 0. The van der Waals surface area contributed by atoms with E-state index in [1.807, 2.05) is 26.1 Å². The van der Waals surface area contributed by atoms with Gasteiger partial charge in [-0.1, -0.05) is 52.7 Å². The van der Waals surface area contributed by atoms with Crippen LogP contribution in [0.25, 0.3) is 0 Å². The number of aryl methyl sites for hydroxylation is 1. The van der Waals surface area contributed by atoms with Gasteiger partial charge in [-0.05, 0) is 135 Å². The zero-order valence-electron chi connectivity index (χ0n) is 26.5. The van der Waals surface area contributed by atoms with E-state index in [-0.39, 0.29) is 0 Å². The zero-order valence-corrected chi connectivity index (χ0v) is 26.5. The predicted molar refractivity (Wildman–Crippen MR) is 171 cm³/mol. The first-order chi connectivity index (χ1) is 18.3. The van der Waals surface area contributed by atoms with Crippen molar-refractivity contribution in [3.63, 3.8) is 0 Å². The molecule has 0 heterocycles. The van der Waals surface area contributed by atoms with Crippen LogP contribution in [0.15, 0.2) is 35.3 Å². The first kappa shape index (κ1) is 30.2. The number of allylic oxidation sites excluding steroid dienone is 1. The first-order valence-electron chi connectivity index (χ1n) is 16.0. The van der Waals surface area contributed by atoms with Crippen molar-refractivity contribution >= 4 is 17.6 Å². The largest absolute Gasteiger partial charge is 0.399 e. The fourth-order valence-electron chi connectivity index (χ4n) is 10.6. The Labute approximate surface area is 240 Å². The Hall–Kier alpha value is -1.77. The van der Waals surface area contributed by atoms with Gasteiger partial charge in [0.1, 0.15) is 0 Å². The van der Waals surface area contributed by atoms with Crippen molar-refractivity contribution < 1.29 is 0 Å². The molecular weight excluding hydrogens is 474 g/mol. The molecule has 0 amide bonds. The zero-order chi connectivity index (χ0) is 28.8. The summed E-state index contributed by atoms with van der Waals surface area (Å²) in [6, 6.07) is 5.51. The minimum atomic E-state index is 0.439. The minimum Gasteiger partial charge on any atom is -0.399 e. The first-order valence-corrected chi connectivity index (χ1v) is 16.0. The number of hydrogen-bond acceptors (Lipinski definition) is 3. The smallest absolute Gasteiger partial charge is 0.0364 e. The maximum atomic E-state index is 5.54. The Bertz CT molecular complexity index is 1060. The van der Waals surface area contributed by atoms with Gasteiger partial charge in [0.2, 0.25) is 0 Å². The number of nitrogens with zero attached hydrogens (tertiary/aromatic N) is 1. The topological polar surface area (TPSA) is 64.4 Å². The fourth-order valence-corrected chi connectivity index (χ4v) is 10.6. The molecule has 1 aromatic carbocycles. The van der Waals surface area contributed by atoms with Gasteiger partial charge in [-0.2, -0.15) is 0 Å². The summed E-state index contributed by atoms with van der Waals surface area (Å²) in [6.07, 6.45) is 15.1. The van der Waals surface area contributed by atoms with Crippen molar-refractivity contribution in [2.24, 2.45) is 62.7 Å². The summed E-state index contributed by atoms with van der Waals surface area (Å²) < 4.78 is 0. The van der Waals surface area contributed by atoms with Crippen LogP contribution in [0.5, 0.6) is 0 Å². The highest BCUT2D eigenvalue weighted by atomic mass is 14.8. The summed E-state index contributed by atoms with van der Waals surface area (Å²) in [5.74, 6) is 6.00. The molecule has 10 unspecified atom stereocenters. The maximum absolute atomic E-state index is 5.54. The molecule has 4 aliphatic carbocycles. The normalized spacial score (nSPS) is 41.7. The Kier molecular flexibility index (Phi) is 8.71. The van der Waals surface area contributed by atoms with E-state index in [0.29, 0.717) is 22.2 Å². The molecule has 4 saturated carbocycles. The van der Waals surface area contributed by atoms with E-state index in [9.17, 15) is 0 Å². The lowest BCUT2D eigenvalue weighted by Gasteiger charge is -2.53. The molecule has 3 heteroatoms. The van der Waals surface area contributed by atoms with Crippen molar-refractivity contribution in [1.29, 1.82) is 0 Å². The molecule has 0 saturated heterocycles. The van der Waals surface area contributed by atoms with Crippen LogP contribution in [0.3, 0.4) is 0 Å². The third-order valence-electron chi connectivity index (χ3n) is 12.9. The summed E-state index contributed by atoms with van der Waals surface area (Å²) >= 11 is 0. The SMILES string of the molecule is C=C(C)CCC(C)C1CCC2C3C(C=NC)C4(C)CC(C)CCC4(C)C3CCC12C.Cc1ccc(N)cc1N. The molecule has 10 atom stereocenters. The molecule has 4 fully saturated rings. The van der Waals surface area contributed by atoms with E-state index >= 15 is 0 Å². The average molecular weight is 534 g/mol. The molecule has 0 bridgehead atoms. The third-order valence-corrected chi connectivity index (χ3v) is 12.9. The molecule has 3 nitrogen and oxygen atoms in total. The summed E-state index contributed by atoms with van der Waals surface area (Å²) in [4.78, 5) is 4.71. The predicted octanol–water partition coefficient (Wildman–Crippen LogP) is 9.36. The van der Waals surface area contributed by atoms with E-state index in [1.54, 1.807) is 6.07 Å². The molecule has 1 aromatic rings. The van der Waals surface area contributed by atoms with Crippen LogP contribution < -0.4 is 11.5 Å². The molecule has 0 spiro atoms. The van der Waals surface area contributed by atoms with Crippen LogP contribution in [0.4, 0.5) is 11.4 Å².